The molecular formula is C14H22N2O2S. The van der Waals surface area contributed by atoms with Crippen LogP contribution in [-0.2, 0) is 4.74 Å². The molecule has 0 saturated heterocycles. The van der Waals surface area contributed by atoms with E-state index in [1.54, 1.807) is 5.51 Å². The third-order valence-corrected chi connectivity index (χ3v) is 4.61. The van der Waals surface area contributed by atoms with Gasteiger partial charge in [0.2, 0.25) is 0 Å². The van der Waals surface area contributed by atoms with Gasteiger partial charge in [0.1, 0.15) is 5.00 Å². The summed E-state index contributed by atoms with van der Waals surface area (Å²) >= 11 is 1.48. The molecule has 0 aromatic carbocycles. The molecule has 19 heavy (non-hydrogen) atoms. The van der Waals surface area contributed by atoms with Crippen LogP contribution in [0.2, 0.25) is 0 Å². The molecule has 1 aliphatic carbocycles. The first-order valence-corrected chi connectivity index (χ1v) is 7.79. The summed E-state index contributed by atoms with van der Waals surface area (Å²) in [5.41, 5.74) is 2.38. The highest BCUT2D eigenvalue weighted by molar-refractivity contribution is 7.14. The molecule has 1 heterocycles. The van der Waals surface area contributed by atoms with Crippen LogP contribution < -0.4 is 5.32 Å². The van der Waals surface area contributed by atoms with E-state index in [0.717, 1.165) is 11.4 Å². The second-order valence-corrected chi connectivity index (χ2v) is 6.54. The maximum atomic E-state index is 11.8. The predicted octanol–water partition coefficient (Wildman–Crippen LogP) is 3.70. The minimum atomic E-state index is -0.333. The Morgan fingerprint density at radius 3 is 3.05 bits per heavy atom. The minimum Gasteiger partial charge on any atom is -0.461 e. The zero-order valence-corrected chi connectivity index (χ0v) is 12.7. The van der Waals surface area contributed by atoms with Crippen molar-refractivity contribution in [1.29, 1.82) is 0 Å². The van der Waals surface area contributed by atoms with E-state index in [1.165, 1.54) is 30.6 Å². The lowest BCUT2D eigenvalue weighted by Crippen LogP contribution is -2.39. The molecule has 1 saturated carbocycles. The number of thiazole rings is 1. The van der Waals surface area contributed by atoms with E-state index in [9.17, 15) is 4.79 Å². The molecule has 0 bridgehead atoms. The normalized spacial score (nSPS) is 21.9. The maximum absolute atomic E-state index is 11.8. The summed E-state index contributed by atoms with van der Waals surface area (Å²) in [6.07, 6.45) is 4.90. The van der Waals surface area contributed by atoms with Crippen molar-refractivity contribution in [1.82, 2.24) is 4.98 Å². The van der Waals surface area contributed by atoms with Crippen LogP contribution in [0.4, 0.5) is 5.00 Å². The van der Waals surface area contributed by atoms with Crippen LogP contribution in [0.25, 0.3) is 0 Å². The molecule has 1 N–H and O–H groups in total. The van der Waals surface area contributed by atoms with Crippen molar-refractivity contribution < 1.29 is 9.53 Å². The van der Waals surface area contributed by atoms with Gasteiger partial charge in [-0.25, -0.2) is 9.78 Å². The van der Waals surface area contributed by atoms with E-state index in [4.69, 9.17) is 4.74 Å². The topological polar surface area (TPSA) is 51.2 Å². The number of carbonyl (C=O) groups excluding carboxylic acids is 1. The Labute approximate surface area is 118 Å². The van der Waals surface area contributed by atoms with Crippen LogP contribution in [0, 0.1) is 5.41 Å². The van der Waals surface area contributed by atoms with E-state index >= 15 is 0 Å². The molecule has 1 fully saturated rings. The SMILES string of the molecule is CCOC(=O)c1ncsc1NC1CCCCC1(C)C. The second kappa shape index (κ2) is 5.90. The highest BCUT2D eigenvalue weighted by Gasteiger charge is 2.33. The number of hydrogen-bond donors (Lipinski definition) is 1. The summed E-state index contributed by atoms with van der Waals surface area (Å²) in [6.45, 7) is 6.76. The number of rotatable bonds is 4. The number of aromatic nitrogens is 1. The van der Waals surface area contributed by atoms with Crippen molar-refractivity contribution >= 4 is 22.3 Å². The first-order chi connectivity index (χ1) is 9.04. The number of esters is 1. The van der Waals surface area contributed by atoms with Gasteiger partial charge in [-0.15, -0.1) is 11.3 Å². The van der Waals surface area contributed by atoms with Crippen molar-refractivity contribution in [2.75, 3.05) is 11.9 Å². The summed E-state index contributed by atoms with van der Waals surface area (Å²) in [5, 5.41) is 4.36. The molecular weight excluding hydrogens is 260 g/mol. The molecule has 1 unspecified atom stereocenters. The Kier molecular flexibility index (Phi) is 4.45. The average molecular weight is 282 g/mol. The standard InChI is InChI=1S/C14H22N2O2S/c1-4-18-13(17)11-12(19-9-15-11)16-10-7-5-6-8-14(10,2)3/h9-10,16H,4-8H2,1-3H3. The summed E-state index contributed by atoms with van der Waals surface area (Å²) < 4.78 is 5.03. The van der Waals surface area contributed by atoms with E-state index in [0.29, 0.717) is 18.3 Å². The Morgan fingerprint density at radius 1 is 1.58 bits per heavy atom. The van der Waals surface area contributed by atoms with E-state index < -0.39 is 0 Å². The summed E-state index contributed by atoms with van der Waals surface area (Å²) in [7, 11) is 0. The van der Waals surface area contributed by atoms with Crippen LogP contribution in [0.3, 0.4) is 0 Å². The third kappa shape index (κ3) is 3.26. The van der Waals surface area contributed by atoms with Crippen LogP contribution in [-0.4, -0.2) is 23.6 Å². The number of ether oxygens (including phenoxy) is 1. The fourth-order valence-electron chi connectivity index (χ4n) is 2.61. The number of anilines is 1. The van der Waals surface area contributed by atoms with E-state index in [1.807, 2.05) is 6.92 Å². The van der Waals surface area contributed by atoms with Gasteiger partial charge >= 0.3 is 5.97 Å². The van der Waals surface area contributed by atoms with Crippen molar-refractivity contribution in [3.05, 3.63) is 11.2 Å². The Hall–Kier alpha value is -1.10. The molecule has 1 atom stereocenters. The number of hydrogen-bond acceptors (Lipinski definition) is 5. The van der Waals surface area contributed by atoms with Gasteiger partial charge in [0.05, 0.1) is 12.1 Å². The third-order valence-electron chi connectivity index (χ3n) is 3.85. The van der Waals surface area contributed by atoms with Crippen LogP contribution in [0.5, 0.6) is 0 Å². The Bertz CT molecular complexity index is 442. The minimum absolute atomic E-state index is 0.258. The summed E-state index contributed by atoms with van der Waals surface area (Å²) in [6, 6.07) is 0.398. The van der Waals surface area contributed by atoms with Crippen molar-refractivity contribution in [3.8, 4) is 0 Å². The fraction of sp³-hybridized carbons (Fsp3) is 0.714. The maximum Gasteiger partial charge on any atom is 0.360 e. The van der Waals surface area contributed by atoms with Gasteiger partial charge in [0.25, 0.3) is 0 Å². The molecule has 1 aromatic heterocycles. The number of nitrogens with zero attached hydrogens (tertiary/aromatic N) is 1. The lowest BCUT2D eigenvalue weighted by Gasteiger charge is -2.39. The van der Waals surface area contributed by atoms with Crippen molar-refractivity contribution in [2.45, 2.75) is 52.5 Å². The highest BCUT2D eigenvalue weighted by atomic mass is 32.1. The molecule has 0 radical (unpaired) electrons. The molecule has 5 heteroatoms. The van der Waals surface area contributed by atoms with Crippen LogP contribution in [0.15, 0.2) is 5.51 Å². The molecule has 0 spiro atoms. The molecule has 2 rings (SSSR count). The van der Waals surface area contributed by atoms with Crippen molar-refractivity contribution in [2.24, 2.45) is 5.41 Å². The van der Waals surface area contributed by atoms with Gasteiger partial charge in [-0.1, -0.05) is 26.7 Å². The molecule has 106 valence electrons. The molecule has 0 aliphatic heterocycles. The second-order valence-electron chi connectivity index (χ2n) is 5.68. The van der Waals surface area contributed by atoms with Crippen LogP contribution in [0.1, 0.15) is 56.9 Å². The largest absolute Gasteiger partial charge is 0.461 e. The van der Waals surface area contributed by atoms with Gasteiger partial charge in [-0.3, -0.25) is 0 Å². The van der Waals surface area contributed by atoms with Gasteiger partial charge in [0, 0.05) is 6.04 Å². The van der Waals surface area contributed by atoms with Gasteiger partial charge < -0.3 is 10.1 Å². The Morgan fingerprint density at radius 2 is 2.37 bits per heavy atom. The summed E-state index contributed by atoms with van der Waals surface area (Å²) in [5.74, 6) is -0.333. The predicted molar refractivity (Wildman–Crippen MR) is 77.7 cm³/mol. The molecule has 1 aliphatic rings. The quantitative estimate of drug-likeness (QED) is 0.855. The van der Waals surface area contributed by atoms with Crippen LogP contribution >= 0.6 is 11.3 Å². The smallest absolute Gasteiger partial charge is 0.360 e. The lowest BCUT2D eigenvalue weighted by molar-refractivity contribution is 0.0521. The van der Waals surface area contributed by atoms with E-state index in [-0.39, 0.29) is 11.4 Å². The highest BCUT2D eigenvalue weighted by Crippen LogP contribution is 2.38. The van der Waals surface area contributed by atoms with Crippen molar-refractivity contribution in [3.63, 3.8) is 0 Å². The first-order valence-electron chi connectivity index (χ1n) is 6.91. The monoisotopic (exact) mass is 282 g/mol. The number of nitrogens with one attached hydrogen (secondary N) is 1. The van der Waals surface area contributed by atoms with E-state index in [2.05, 4.69) is 24.1 Å². The van der Waals surface area contributed by atoms with Gasteiger partial charge in [0.15, 0.2) is 5.69 Å². The molecule has 1 aromatic rings. The average Bonchev–Trinajstić information content (AvgIpc) is 2.80. The molecule has 0 amide bonds. The zero-order chi connectivity index (χ0) is 13.9. The number of carbonyl (C=O) groups is 1. The summed E-state index contributed by atoms with van der Waals surface area (Å²) in [4.78, 5) is 15.9. The first kappa shape index (κ1) is 14.3. The Balaban J connectivity index is 2.11. The lowest BCUT2D eigenvalue weighted by atomic mass is 9.73. The molecule has 4 nitrogen and oxygen atoms in total. The van der Waals surface area contributed by atoms with Gasteiger partial charge in [-0.2, -0.15) is 0 Å². The van der Waals surface area contributed by atoms with Gasteiger partial charge in [-0.05, 0) is 25.2 Å². The zero-order valence-electron chi connectivity index (χ0n) is 11.9. The fourth-order valence-corrected chi connectivity index (χ4v) is 3.33.